The molecule has 1 fully saturated rings. The number of anilines is 1. The van der Waals surface area contributed by atoms with E-state index in [0.717, 1.165) is 25.1 Å². The number of hydrogen-bond donors (Lipinski definition) is 2. The minimum atomic E-state index is -0.437. The number of nitrogens with two attached hydrogens (primary N) is 1. The molecule has 1 aromatic carbocycles. The molecule has 0 bridgehead atoms. The summed E-state index contributed by atoms with van der Waals surface area (Å²) in [6.45, 7) is 5.08. The Labute approximate surface area is 125 Å². The van der Waals surface area contributed by atoms with Crippen LogP contribution in [0.5, 0.6) is 5.75 Å². The third kappa shape index (κ3) is 3.88. The van der Waals surface area contributed by atoms with Crippen molar-refractivity contribution < 1.29 is 14.3 Å². The van der Waals surface area contributed by atoms with Crippen molar-refractivity contribution in [1.29, 1.82) is 0 Å². The van der Waals surface area contributed by atoms with E-state index >= 15 is 0 Å². The maximum absolute atomic E-state index is 11.3. The molecule has 1 heterocycles. The SMILES string of the molecule is COc1ccc(C(N)=O)cc1NC1CCOC(C(C)C)C1. The Morgan fingerprint density at radius 3 is 2.86 bits per heavy atom. The van der Waals surface area contributed by atoms with E-state index in [1.807, 2.05) is 0 Å². The van der Waals surface area contributed by atoms with Gasteiger partial charge in [-0.3, -0.25) is 4.79 Å². The van der Waals surface area contributed by atoms with Crippen molar-refractivity contribution in [2.45, 2.75) is 38.8 Å². The number of ether oxygens (including phenoxy) is 2. The van der Waals surface area contributed by atoms with Gasteiger partial charge in [0.15, 0.2) is 0 Å². The van der Waals surface area contributed by atoms with Crippen molar-refractivity contribution in [2.75, 3.05) is 19.0 Å². The number of rotatable bonds is 5. The molecule has 2 unspecified atom stereocenters. The fourth-order valence-electron chi connectivity index (χ4n) is 2.62. The lowest BCUT2D eigenvalue weighted by Gasteiger charge is -2.33. The Bertz CT molecular complexity index is 502. The van der Waals surface area contributed by atoms with Gasteiger partial charge >= 0.3 is 0 Å². The third-order valence-corrected chi connectivity index (χ3v) is 3.90. The molecule has 5 heteroatoms. The molecule has 1 aliphatic rings. The first-order valence-electron chi connectivity index (χ1n) is 7.37. The molecule has 21 heavy (non-hydrogen) atoms. The fourth-order valence-corrected chi connectivity index (χ4v) is 2.62. The van der Waals surface area contributed by atoms with Gasteiger partial charge in [0.1, 0.15) is 5.75 Å². The minimum absolute atomic E-state index is 0.265. The lowest BCUT2D eigenvalue weighted by molar-refractivity contribution is -0.0161. The van der Waals surface area contributed by atoms with Gasteiger partial charge in [0.2, 0.25) is 5.91 Å². The van der Waals surface area contributed by atoms with E-state index in [1.165, 1.54) is 0 Å². The number of carbonyl (C=O) groups excluding carboxylic acids is 1. The topological polar surface area (TPSA) is 73.6 Å². The van der Waals surface area contributed by atoms with Gasteiger partial charge in [-0.05, 0) is 37.0 Å². The maximum Gasteiger partial charge on any atom is 0.248 e. The summed E-state index contributed by atoms with van der Waals surface area (Å²) in [5, 5.41) is 3.47. The van der Waals surface area contributed by atoms with Crippen LogP contribution in [0.4, 0.5) is 5.69 Å². The van der Waals surface area contributed by atoms with Gasteiger partial charge in [-0.2, -0.15) is 0 Å². The van der Waals surface area contributed by atoms with E-state index < -0.39 is 5.91 Å². The molecule has 0 radical (unpaired) electrons. The summed E-state index contributed by atoms with van der Waals surface area (Å²) in [7, 11) is 1.62. The molecule has 0 spiro atoms. The molecular formula is C16H24N2O3. The standard InChI is InChI=1S/C16H24N2O3/c1-10(2)15-9-12(6-7-21-15)18-13-8-11(16(17)19)4-5-14(13)20-3/h4-5,8,10,12,15,18H,6-7,9H2,1-3H3,(H2,17,19). The second kappa shape index (κ2) is 6.80. The second-order valence-electron chi connectivity index (χ2n) is 5.80. The van der Waals surface area contributed by atoms with Crippen molar-refractivity contribution in [3.05, 3.63) is 23.8 Å². The second-order valence-corrected chi connectivity index (χ2v) is 5.80. The van der Waals surface area contributed by atoms with Crippen molar-refractivity contribution in [3.8, 4) is 5.75 Å². The van der Waals surface area contributed by atoms with Gasteiger partial charge in [-0.1, -0.05) is 13.8 Å². The average Bonchev–Trinajstić information content (AvgIpc) is 2.47. The van der Waals surface area contributed by atoms with Crippen LogP contribution in [0, 0.1) is 5.92 Å². The van der Waals surface area contributed by atoms with Gasteiger partial charge < -0.3 is 20.5 Å². The Morgan fingerprint density at radius 1 is 1.48 bits per heavy atom. The van der Waals surface area contributed by atoms with Crippen molar-refractivity contribution in [3.63, 3.8) is 0 Å². The zero-order chi connectivity index (χ0) is 15.4. The molecule has 0 saturated carbocycles. The Morgan fingerprint density at radius 2 is 2.24 bits per heavy atom. The molecule has 0 aromatic heterocycles. The van der Waals surface area contributed by atoms with Crippen LogP contribution < -0.4 is 15.8 Å². The van der Waals surface area contributed by atoms with Crippen molar-refractivity contribution in [1.82, 2.24) is 0 Å². The number of carbonyl (C=O) groups is 1. The van der Waals surface area contributed by atoms with Crippen molar-refractivity contribution in [2.24, 2.45) is 11.7 Å². The summed E-state index contributed by atoms with van der Waals surface area (Å²) < 4.78 is 11.1. The fraction of sp³-hybridized carbons (Fsp3) is 0.562. The van der Waals surface area contributed by atoms with Crippen molar-refractivity contribution >= 4 is 11.6 Å². The van der Waals surface area contributed by atoms with E-state index in [4.69, 9.17) is 15.2 Å². The van der Waals surface area contributed by atoms with Gasteiger partial charge in [0, 0.05) is 18.2 Å². The van der Waals surface area contributed by atoms with Gasteiger partial charge in [0.25, 0.3) is 0 Å². The average molecular weight is 292 g/mol. The quantitative estimate of drug-likeness (QED) is 0.874. The molecule has 3 N–H and O–H groups in total. The van der Waals surface area contributed by atoms with Crippen LogP contribution in [0.2, 0.25) is 0 Å². The predicted octanol–water partition coefficient (Wildman–Crippen LogP) is 2.41. The Kier molecular flexibility index (Phi) is 5.07. The molecule has 2 rings (SSSR count). The van der Waals surface area contributed by atoms with Gasteiger partial charge in [0.05, 0.1) is 18.9 Å². The zero-order valence-electron chi connectivity index (χ0n) is 12.9. The lowest BCUT2D eigenvalue weighted by Crippen LogP contribution is -2.36. The molecule has 1 amide bonds. The smallest absolute Gasteiger partial charge is 0.248 e. The molecule has 2 atom stereocenters. The molecule has 0 aliphatic carbocycles. The molecule has 1 saturated heterocycles. The Balaban J connectivity index is 2.14. The summed E-state index contributed by atoms with van der Waals surface area (Å²) in [6.07, 6.45) is 2.15. The van der Waals surface area contributed by atoms with Crippen LogP contribution in [0.25, 0.3) is 0 Å². The van der Waals surface area contributed by atoms with Crippen LogP contribution >= 0.6 is 0 Å². The van der Waals surface area contributed by atoms with Crippen LogP contribution in [-0.4, -0.2) is 31.8 Å². The molecular weight excluding hydrogens is 268 g/mol. The number of benzene rings is 1. The lowest BCUT2D eigenvalue weighted by atomic mass is 9.95. The third-order valence-electron chi connectivity index (χ3n) is 3.90. The Hall–Kier alpha value is -1.75. The van der Waals surface area contributed by atoms with E-state index in [-0.39, 0.29) is 6.10 Å². The molecule has 1 aromatic rings. The monoisotopic (exact) mass is 292 g/mol. The highest BCUT2D eigenvalue weighted by molar-refractivity contribution is 5.94. The normalized spacial score (nSPS) is 22.1. The zero-order valence-corrected chi connectivity index (χ0v) is 12.9. The summed E-state index contributed by atoms with van der Waals surface area (Å²) >= 11 is 0. The largest absolute Gasteiger partial charge is 0.495 e. The number of primary amides is 1. The number of nitrogens with one attached hydrogen (secondary N) is 1. The number of hydrogen-bond acceptors (Lipinski definition) is 4. The van der Waals surface area contributed by atoms with Crippen LogP contribution in [-0.2, 0) is 4.74 Å². The summed E-state index contributed by atoms with van der Waals surface area (Å²) in [4.78, 5) is 11.3. The first-order valence-corrected chi connectivity index (χ1v) is 7.37. The van der Waals surface area contributed by atoms with E-state index in [9.17, 15) is 4.79 Å². The first-order chi connectivity index (χ1) is 10.0. The maximum atomic E-state index is 11.3. The van der Waals surface area contributed by atoms with Gasteiger partial charge in [-0.15, -0.1) is 0 Å². The predicted molar refractivity (Wildman–Crippen MR) is 82.7 cm³/mol. The molecule has 1 aliphatic heterocycles. The van der Waals surface area contributed by atoms with Crippen LogP contribution in [0.1, 0.15) is 37.0 Å². The van der Waals surface area contributed by atoms with E-state index in [2.05, 4.69) is 19.2 Å². The number of amides is 1. The highest BCUT2D eigenvalue weighted by atomic mass is 16.5. The summed E-state index contributed by atoms with van der Waals surface area (Å²) in [5.74, 6) is 0.772. The minimum Gasteiger partial charge on any atom is -0.495 e. The molecule has 5 nitrogen and oxygen atoms in total. The van der Waals surface area contributed by atoms with Crippen LogP contribution in [0.15, 0.2) is 18.2 Å². The van der Waals surface area contributed by atoms with E-state index in [1.54, 1.807) is 25.3 Å². The highest BCUT2D eigenvalue weighted by Gasteiger charge is 2.25. The van der Waals surface area contributed by atoms with E-state index in [0.29, 0.717) is 23.3 Å². The first kappa shape index (κ1) is 15.6. The van der Waals surface area contributed by atoms with Crippen LogP contribution in [0.3, 0.4) is 0 Å². The molecule has 116 valence electrons. The number of methoxy groups -OCH3 is 1. The summed E-state index contributed by atoms with van der Waals surface area (Å²) in [6, 6.07) is 5.50. The highest BCUT2D eigenvalue weighted by Crippen LogP contribution is 2.29. The summed E-state index contributed by atoms with van der Waals surface area (Å²) in [5.41, 5.74) is 6.63. The van der Waals surface area contributed by atoms with Gasteiger partial charge in [-0.25, -0.2) is 0 Å².